The van der Waals surface area contributed by atoms with Crippen LogP contribution < -0.4 is 19.7 Å². The fourth-order valence-electron chi connectivity index (χ4n) is 5.20. The van der Waals surface area contributed by atoms with E-state index >= 15 is 0 Å². The van der Waals surface area contributed by atoms with E-state index < -0.39 is 17.9 Å². The third kappa shape index (κ3) is 6.57. The van der Waals surface area contributed by atoms with Gasteiger partial charge in [-0.05, 0) is 60.2 Å². The summed E-state index contributed by atoms with van der Waals surface area (Å²) in [7, 11) is 1.56. The first-order chi connectivity index (χ1) is 21.9. The van der Waals surface area contributed by atoms with E-state index in [0.29, 0.717) is 28.1 Å². The van der Waals surface area contributed by atoms with E-state index in [2.05, 4.69) is 25.1 Å². The molecule has 2 fully saturated rings. The number of aliphatic imine (C=N–C) groups is 1. The Labute approximate surface area is 266 Å². The normalized spacial score (nSPS) is 16.6. The van der Waals surface area contributed by atoms with Gasteiger partial charge in [-0.15, -0.1) is 18.3 Å². The van der Waals surface area contributed by atoms with Gasteiger partial charge >= 0.3 is 12.4 Å². The molecule has 14 heteroatoms. The predicted molar refractivity (Wildman–Crippen MR) is 167 cm³/mol. The molecule has 0 atom stereocenters. The minimum Gasteiger partial charge on any atom is -0.497 e. The van der Waals surface area contributed by atoms with Gasteiger partial charge < -0.3 is 14.8 Å². The van der Waals surface area contributed by atoms with E-state index in [4.69, 9.17) is 4.74 Å². The lowest BCUT2D eigenvalue weighted by Gasteiger charge is -2.22. The van der Waals surface area contributed by atoms with E-state index in [0.717, 1.165) is 29.5 Å². The maximum Gasteiger partial charge on any atom is 0.573 e. The molecule has 1 aliphatic heterocycles. The maximum absolute atomic E-state index is 13.2. The number of anilines is 1. The molecule has 2 heterocycles. The standard InChI is InChI=1S/C32H29F3N6O4S/c1-19(2)25-13-12-24(44-3)16-26(25)41-27(42)17-46-30(41)37-29(43)38-31(14-15-31)21-6-4-20(5-7-21)28-36-18-40(39-28)22-8-10-23(11-9-22)45-32(33,34)35/h4-13,16,18-19H,14-15,17H2,1-3H3,(H,38,43). The number of aromatic nitrogens is 3. The number of urea groups is 1. The molecule has 1 aromatic heterocycles. The van der Waals surface area contributed by atoms with Crippen molar-refractivity contribution in [3.63, 3.8) is 0 Å². The molecule has 46 heavy (non-hydrogen) atoms. The number of ether oxygens (including phenoxy) is 2. The fraction of sp³-hybridized carbons (Fsp3) is 0.281. The molecule has 10 nitrogen and oxygen atoms in total. The Kier molecular flexibility index (Phi) is 8.23. The van der Waals surface area contributed by atoms with Crippen LogP contribution in [-0.4, -0.2) is 51.1 Å². The highest BCUT2D eigenvalue weighted by Crippen LogP contribution is 2.46. The molecule has 6 rings (SSSR count). The van der Waals surface area contributed by atoms with Gasteiger partial charge in [-0.1, -0.05) is 55.9 Å². The SMILES string of the molecule is COc1ccc(C(C)C)c(N2C(=O)CSC2=NC(=O)NC2(c3ccc(-c4ncn(-c5ccc(OC(F)(F)F)cc5)n4)cc3)CC2)c1. The first-order valence-corrected chi connectivity index (χ1v) is 15.4. The average Bonchev–Trinajstić information content (AvgIpc) is 3.46. The zero-order valence-corrected chi connectivity index (χ0v) is 25.9. The number of methoxy groups -OCH3 is 1. The number of hydrogen-bond acceptors (Lipinski definition) is 7. The van der Waals surface area contributed by atoms with Crippen molar-refractivity contribution in [2.24, 2.45) is 4.99 Å². The second-order valence-electron chi connectivity index (χ2n) is 11.1. The Morgan fingerprint density at radius 1 is 1.04 bits per heavy atom. The number of carbonyl (C=O) groups is 2. The van der Waals surface area contributed by atoms with E-state index in [1.165, 1.54) is 51.9 Å². The van der Waals surface area contributed by atoms with Gasteiger partial charge in [0, 0.05) is 11.6 Å². The summed E-state index contributed by atoms with van der Waals surface area (Å²) >= 11 is 1.22. The molecule has 0 spiro atoms. The van der Waals surface area contributed by atoms with Gasteiger partial charge in [-0.3, -0.25) is 9.69 Å². The molecule has 238 valence electrons. The highest BCUT2D eigenvalue weighted by atomic mass is 32.2. The minimum absolute atomic E-state index is 0.129. The lowest BCUT2D eigenvalue weighted by molar-refractivity contribution is -0.274. The van der Waals surface area contributed by atoms with Gasteiger partial charge in [-0.2, -0.15) is 4.99 Å². The molecule has 1 saturated carbocycles. The Morgan fingerprint density at radius 2 is 1.74 bits per heavy atom. The number of rotatable bonds is 8. The molecular weight excluding hydrogens is 621 g/mol. The number of thioether (sulfide) groups is 1. The number of carbonyl (C=O) groups excluding carboxylic acids is 2. The van der Waals surface area contributed by atoms with Crippen molar-refractivity contribution < 1.29 is 32.2 Å². The third-order valence-electron chi connectivity index (χ3n) is 7.68. The van der Waals surface area contributed by atoms with E-state index in [1.807, 2.05) is 50.2 Å². The Morgan fingerprint density at radius 3 is 2.37 bits per heavy atom. The molecule has 0 unspecified atom stereocenters. The van der Waals surface area contributed by atoms with Crippen LogP contribution in [0, 0.1) is 0 Å². The molecule has 1 aliphatic carbocycles. The van der Waals surface area contributed by atoms with Crippen LogP contribution in [0.15, 0.2) is 78.0 Å². The topological polar surface area (TPSA) is 111 Å². The molecule has 0 radical (unpaired) electrons. The van der Waals surface area contributed by atoms with Gasteiger partial charge in [0.1, 0.15) is 17.8 Å². The molecule has 3 aromatic carbocycles. The lowest BCUT2D eigenvalue weighted by Crippen LogP contribution is -2.35. The van der Waals surface area contributed by atoms with Crippen LogP contribution in [0.25, 0.3) is 17.1 Å². The Balaban J connectivity index is 1.15. The van der Waals surface area contributed by atoms with E-state index in [1.54, 1.807) is 13.2 Å². The first-order valence-electron chi connectivity index (χ1n) is 14.4. The van der Waals surface area contributed by atoms with Gasteiger partial charge in [0.05, 0.1) is 29.8 Å². The predicted octanol–water partition coefficient (Wildman–Crippen LogP) is 6.80. The number of benzene rings is 3. The van der Waals surface area contributed by atoms with Gasteiger partial charge in [0.25, 0.3) is 0 Å². The zero-order chi connectivity index (χ0) is 32.6. The molecule has 0 bridgehead atoms. The second kappa shape index (κ2) is 12.2. The van der Waals surface area contributed by atoms with E-state index in [-0.39, 0.29) is 23.3 Å². The summed E-state index contributed by atoms with van der Waals surface area (Å²) in [5, 5.41) is 7.80. The Hall–Kier alpha value is -4.85. The zero-order valence-electron chi connectivity index (χ0n) is 25.0. The van der Waals surface area contributed by atoms with Crippen LogP contribution >= 0.6 is 11.8 Å². The summed E-state index contributed by atoms with van der Waals surface area (Å²) in [5.41, 5.74) is 3.14. The smallest absolute Gasteiger partial charge is 0.497 e. The average molecular weight is 651 g/mol. The summed E-state index contributed by atoms with van der Waals surface area (Å²) in [6, 6.07) is 17.8. The number of hydrogen-bond donors (Lipinski definition) is 1. The van der Waals surface area contributed by atoms with Crippen molar-refractivity contribution >= 4 is 34.6 Å². The highest BCUT2D eigenvalue weighted by Gasteiger charge is 2.46. The van der Waals surface area contributed by atoms with Crippen molar-refractivity contribution in [2.45, 2.75) is 44.5 Å². The number of nitrogens with zero attached hydrogens (tertiary/aromatic N) is 5. The highest BCUT2D eigenvalue weighted by molar-refractivity contribution is 8.15. The third-order valence-corrected chi connectivity index (χ3v) is 8.61. The summed E-state index contributed by atoms with van der Waals surface area (Å²) in [6.45, 7) is 4.07. The number of nitrogens with one attached hydrogen (secondary N) is 1. The van der Waals surface area contributed by atoms with Gasteiger partial charge in [-0.25, -0.2) is 14.5 Å². The fourth-order valence-corrected chi connectivity index (χ4v) is 6.06. The second-order valence-corrected chi connectivity index (χ2v) is 12.1. The number of alkyl halides is 3. The van der Waals surface area contributed by atoms with Crippen LogP contribution in [0.2, 0.25) is 0 Å². The Bertz CT molecular complexity index is 1800. The molecule has 1 N–H and O–H groups in total. The van der Waals surface area contributed by atoms with Crippen LogP contribution in [0.3, 0.4) is 0 Å². The molecule has 2 aliphatic rings. The molecular formula is C32H29F3N6O4S. The summed E-state index contributed by atoms with van der Waals surface area (Å²) in [5.74, 6) is 0.836. The molecule has 3 amide bonds. The van der Waals surface area contributed by atoms with Crippen molar-refractivity contribution in [1.29, 1.82) is 0 Å². The quantitative estimate of drug-likeness (QED) is 0.223. The largest absolute Gasteiger partial charge is 0.573 e. The number of amides is 3. The number of halogens is 3. The summed E-state index contributed by atoms with van der Waals surface area (Å²) < 4.78 is 48.1. The van der Waals surface area contributed by atoms with Gasteiger partial charge in [0.15, 0.2) is 11.0 Å². The monoisotopic (exact) mass is 650 g/mol. The van der Waals surface area contributed by atoms with Crippen LogP contribution in [0.5, 0.6) is 11.5 Å². The number of amidine groups is 1. The maximum atomic E-state index is 13.2. The molecule has 4 aromatic rings. The van der Waals surface area contributed by atoms with Crippen molar-refractivity contribution in [1.82, 2.24) is 20.1 Å². The minimum atomic E-state index is -4.77. The summed E-state index contributed by atoms with van der Waals surface area (Å²) in [4.78, 5) is 36.3. The lowest BCUT2D eigenvalue weighted by atomic mass is 10.00. The van der Waals surface area contributed by atoms with Gasteiger partial charge in [0.2, 0.25) is 5.91 Å². The van der Waals surface area contributed by atoms with Crippen molar-refractivity contribution in [3.05, 3.63) is 84.2 Å². The van der Waals surface area contributed by atoms with Crippen molar-refractivity contribution in [2.75, 3.05) is 17.8 Å². The first kappa shape index (κ1) is 31.1. The summed E-state index contributed by atoms with van der Waals surface area (Å²) in [6.07, 6.45) is -1.84. The van der Waals surface area contributed by atoms with E-state index in [9.17, 15) is 22.8 Å². The molecule has 1 saturated heterocycles. The van der Waals surface area contributed by atoms with Crippen LogP contribution in [0.1, 0.15) is 43.7 Å². The van der Waals surface area contributed by atoms with Crippen molar-refractivity contribution in [3.8, 4) is 28.6 Å². The van der Waals surface area contributed by atoms with Crippen LogP contribution in [-0.2, 0) is 10.3 Å². The van der Waals surface area contributed by atoms with Crippen LogP contribution in [0.4, 0.5) is 23.7 Å².